The quantitative estimate of drug-likeness (QED) is 0.865. The Labute approximate surface area is 114 Å². The van der Waals surface area contributed by atoms with Crippen molar-refractivity contribution in [3.63, 3.8) is 0 Å². The molecule has 0 radical (unpaired) electrons. The van der Waals surface area contributed by atoms with Gasteiger partial charge in [-0.1, -0.05) is 6.92 Å². The van der Waals surface area contributed by atoms with Crippen LogP contribution in [0.15, 0.2) is 30.9 Å². The van der Waals surface area contributed by atoms with Crippen LogP contribution >= 0.6 is 0 Å². The molecule has 2 aromatic heterocycles. The summed E-state index contributed by atoms with van der Waals surface area (Å²) in [6, 6.07) is 2.31. The van der Waals surface area contributed by atoms with Gasteiger partial charge in [-0.15, -0.1) is 0 Å². The van der Waals surface area contributed by atoms with E-state index in [0.29, 0.717) is 0 Å². The zero-order valence-electron chi connectivity index (χ0n) is 11.9. The average Bonchev–Trinajstić information content (AvgIpc) is 2.85. The maximum Gasteiger partial charge on any atom is 0.110 e. The van der Waals surface area contributed by atoms with Crippen LogP contribution in [-0.4, -0.2) is 21.6 Å². The number of aryl methyl sites for hydroxylation is 2. The number of hydrogen-bond donors (Lipinski definition) is 1. The van der Waals surface area contributed by atoms with Crippen molar-refractivity contribution in [1.82, 2.24) is 19.9 Å². The molecule has 0 bridgehead atoms. The second kappa shape index (κ2) is 6.48. The Bertz CT molecular complexity index is 518. The van der Waals surface area contributed by atoms with Crippen LogP contribution in [0.25, 0.3) is 0 Å². The van der Waals surface area contributed by atoms with E-state index in [1.54, 1.807) is 0 Å². The van der Waals surface area contributed by atoms with Crippen molar-refractivity contribution in [2.45, 2.75) is 39.3 Å². The SMILES string of the molecule is CCCn1ccnc1CC(NC)c1cnccc1C. The maximum atomic E-state index is 4.48. The van der Waals surface area contributed by atoms with Gasteiger partial charge in [0.25, 0.3) is 0 Å². The monoisotopic (exact) mass is 258 g/mol. The number of rotatable bonds is 6. The van der Waals surface area contributed by atoms with Crippen molar-refractivity contribution in [3.05, 3.63) is 47.8 Å². The Kier molecular flexibility index (Phi) is 4.68. The van der Waals surface area contributed by atoms with Gasteiger partial charge in [0, 0.05) is 43.8 Å². The van der Waals surface area contributed by atoms with Crippen LogP contribution in [-0.2, 0) is 13.0 Å². The minimum absolute atomic E-state index is 0.256. The van der Waals surface area contributed by atoms with E-state index in [9.17, 15) is 0 Å². The van der Waals surface area contributed by atoms with Crippen LogP contribution in [0.1, 0.15) is 36.3 Å². The Hall–Kier alpha value is -1.68. The summed E-state index contributed by atoms with van der Waals surface area (Å²) in [5, 5.41) is 3.37. The lowest BCUT2D eigenvalue weighted by Gasteiger charge is -2.18. The highest BCUT2D eigenvalue weighted by atomic mass is 15.1. The second-order valence-electron chi connectivity index (χ2n) is 4.81. The van der Waals surface area contributed by atoms with Crippen molar-refractivity contribution in [2.75, 3.05) is 7.05 Å². The van der Waals surface area contributed by atoms with Gasteiger partial charge in [0.15, 0.2) is 0 Å². The second-order valence-corrected chi connectivity index (χ2v) is 4.81. The predicted molar refractivity (Wildman–Crippen MR) is 77.0 cm³/mol. The fraction of sp³-hybridized carbons (Fsp3) is 0.467. The first-order valence-corrected chi connectivity index (χ1v) is 6.84. The molecule has 4 heteroatoms. The molecule has 2 aromatic rings. The summed E-state index contributed by atoms with van der Waals surface area (Å²) in [6.45, 7) is 5.34. The van der Waals surface area contributed by atoms with E-state index in [1.165, 1.54) is 11.1 Å². The molecule has 0 saturated heterocycles. The highest BCUT2D eigenvalue weighted by molar-refractivity contribution is 5.26. The van der Waals surface area contributed by atoms with E-state index >= 15 is 0 Å². The zero-order valence-corrected chi connectivity index (χ0v) is 11.9. The Morgan fingerprint density at radius 1 is 1.37 bits per heavy atom. The number of aromatic nitrogens is 3. The van der Waals surface area contributed by atoms with Crippen LogP contribution in [0.5, 0.6) is 0 Å². The third-order valence-corrected chi connectivity index (χ3v) is 3.46. The van der Waals surface area contributed by atoms with Crippen LogP contribution < -0.4 is 5.32 Å². The first-order chi connectivity index (χ1) is 9.26. The first kappa shape index (κ1) is 13.7. The Morgan fingerprint density at radius 2 is 2.21 bits per heavy atom. The van der Waals surface area contributed by atoms with Crippen molar-refractivity contribution in [1.29, 1.82) is 0 Å². The zero-order chi connectivity index (χ0) is 13.7. The lowest BCUT2D eigenvalue weighted by Crippen LogP contribution is -2.22. The van der Waals surface area contributed by atoms with Crippen LogP contribution in [0.2, 0.25) is 0 Å². The fourth-order valence-electron chi connectivity index (χ4n) is 2.37. The molecule has 2 rings (SSSR count). The molecule has 0 fully saturated rings. The Balaban J connectivity index is 2.19. The van der Waals surface area contributed by atoms with E-state index in [1.807, 2.05) is 25.6 Å². The summed E-state index contributed by atoms with van der Waals surface area (Å²) < 4.78 is 2.23. The molecule has 0 aliphatic heterocycles. The normalized spacial score (nSPS) is 12.6. The molecule has 0 aliphatic rings. The van der Waals surface area contributed by atoms with Gasteiger partial charge >= 0.3 is 0 Å². The number of likely N-dealkylation sites (N-methyl/N-ethyl adjacent to an activating group) is 1. The third-order valence-electron chi connectivity index (χ3n) is 3.46. The van der Waals surface area contributed by atoms with E-state index in [2.05, 4.69) is 46.0 Å². The van der Waals surface area contributed by atoms with Gasteiger partial charge in [-0.25, -0.2) is 4.98 Å². The van der Waals surface area contributed by atoms with Crippen molar-refractivity contribution >= 4 is 0 Å². The largest absolute Gasteiger partial charge is 0.335 e. The van der Waals surface area contributed by atoms with Crippen LogP contribution in [0.4, 0.5) is 0 Å². The van der Waals surface area contributed by atoms with Gasteiger partial charge in [0.2, 0.25) is 0 Å². The molecule has 2 heterocycles. The molecule has 4 nitrogen and oxygen atoms in total. The molecule has 1 unspecified atom stereocenters. The van der Waals surface area contributed by atoms with Crippen LogP contribution in [0, 0.1) is 6.92 Å². The molecule has 0 spiro atoms. The lowest BCUT2D eigenvalue weighted by molar-refractivity contribution is 0.540. The van der Waals surface area contributed by atoms with E-state index in [-0.39, 0.29) is 6.04 Å². The highest BCUT2D eigenvalue weighted by Gasteiger charge is 2.15. The standard InChI is InChI=1S/C15H22N4/c1-4-8-19-9-7-18-15(19)10-14(16-3)13-11-17-6-5-12(13)2/h5-7,9,11,14,16H,4,8,10H2,1-3H3. The number of imidazole rings is 1. The molecule has 0 aromatic carbocycles. The first-order valence-electron chi connectivity index (χ1n) is 6.84. The molecule has 19 heavy (non-hydrogen) atoms. The number of pyridine rings is 1. The summed E-state index contributed by atoms with van der Waals surface area (Å²) in [5.74, 6) is 1.13. The third kappa shape index (κ3) is 3.20. The van der Waals surface area contributed by atoms with Gasteiger partial charge in [0.1, 0.15) is 5.82 Å². The number of hydrogen-bond acceptors (Lipinski definition) is 3. The smallest absolute Gasteiger partial charge is 0.110 e. The van der Waals surface area contributed by atoms with E-state index in [4.69, 9.17) is 0 Å². The van der Waals surface area contributed by atoms with Crippen molar-refractivity contribution in [2.24, 2.45) is 0 Å². The summed E-state index contributed by atoms with van der Waals surface area (Å²) in [6.07, 6.45) is 9.73. The van der Waals surface area contributed by atoms with Gasteiger partial charge in [-0.2, -0.15) is 0 Å². The average molecular weight is 258 g/mol. The maximum absolute atomic E-state index is 4.48. The lowest BCUT2D eigenvalue weighted by atomic mass is 10.0. The summed E-state index contributed by atoms with van der Waals surface area (Å²) in [4.78, 5) is 8.72. The van der Waals surface area contributed by atoms with Crippen LogP contribution in [0.3, 0.4) is 0 Å². The van der Waals surface area contributed by atoms with E-state index < -0.39 is 0 Å². The molecule has 0 amide bonds. The minimum Gasteiger partial charge on any atom is -0.335 e. The molecule has 0 saturated carbocycles. The predicted octanol–water partition coefficient (Wildman–Crippen LogP) is 2.50. The van der Waals surface area contributed by atoms with Gasteiger partial charge < -0.3 is 9.88 Å². The fourth-order valence-corrected chi connectivity index (χ4v) is 2.37. The molecular weight excluding hydrogens is 236 g/mol. The topological polar surface area (TPSA) is 42.7 Å². The molecular formula is C15H22N4. The van der Waals surface area contributed by atoms with Crippen molar-refractivity contribution < 1.29 is 0 Å². The van der Waals surface area contributed by atoms with E-state index in [0.717, 1.165) is 25.2 Å². The summed E-state index contributed by atoms with van der Waals surface area (Å²) in [7, 11) is 1.99. The number of nitrogens with one attached hydrogen (secondary N) is 1. The van der Waals surface area contributed by atoms with Gasteiger partial charge in [-0.3, -0.25) is 4.98 Å². The Morgan fingerprint density at radius 3 is 2.89 bits per heavy atom. The molecule has 0 aliphatic carbocycles. The van der Waals surface area contributed by atoms with Crippen molar-refractivity contribution in [3.8, 4) is 0 Å². The molecule has 102 valence electrons. The van der Waals surface area contributed by atoms with Gasteiger partial charge in [-0.05, 0) is 37.6 Å². The number of nitrogens with zero attached hydrogens (tertiary/aromatic N) is 3. The molecule has 1 N–H and O–H groups in total. The minimum atomic E-state index is 0.256. The summed E-state index contributed by atoms with van der Waals surface area (Å²) in [5.41, 5.74) is 2.51. The summed E-state index contributed by atoms with van der Waals surface area (Å²) >= 11 is 0. The molecule has 1 atom stereocenters. The van der Waals surface area contributed by atoms with Gasteiger partial charge in [0.05, 0.1) is 0 Å². The highest BCUT2D eigenvalue weighted by Crippen LogP contribution is 2.20.